The van der Waals surface area contributed by atoms with Crippen molar-refractivity contribution in [1.29, 1.82) is 0 Å². The molecule has 0 spiro atoms. The minimum absolute atomic E-state index is 0.195. The summed E-state index contributed by atoms with van der Waals surface area (Å²) >= 11 is 0. The Morgan fingerprint density at radius 3 is 2.85 bits per heavy atom. The minimum atomic E-state index is -0.316. The highest BCUT2D eigenvalue weighted by Crippen LogP contribution is 2.23. The van der Waals surface area contributed by atoms with Crippen LogP contribution in [0.25, 0.3) is 0 Å². The zero-order valence-corrected chi connectivity index (χ0v) is 12.1. The van der Waals surface area contributed by atoms with E-state index in [9.17, 15) is 10.1 Å². The number of nitro groups is 1. The number of nitrogens with zero attached hydrogens (tertiary/aromatic N) is 3. The van der Waals surface area contributed by atoms with E-state index in [-0.39, 0.29) is 10.6 Å². The molecule has 1 atom stereocenters. The van der Waals surface area contributed by atoms with E-state index in [0.717, 1.165) is 37.3 Å². The molecule has 2 rings (SSSR count). The second kappa shape index (κ2) is 6.30. The summed E-state index contributed by atoms with van der Waals surface area (Å²) < 4.78 is 0. The van der Waals surface area contributed by atoms with Crippen LogP contribution in [0.2, 0.25) is 0 Å². The molecular formula is C14H22N4O2. The van der Waals surface area contributed by atoms with Crippen molar-refractivity contribution in [1.82, 2.24) is 9.80 Å². The van der Waals surface area contributed by atoms with Crippen molar-refractivity contribution in [2.75, 3.05) is 33.2 Å². The Labute approximate surface area is 119 Å². The van der Waals surface area contributed by atoms with E-state index >= 15 is 0 Å². The largest absolute Gasteiger partial charge is 0.329 e. The standard InChI is InChI=1S/C14H22N4O2/c1-11-12(4-3-5-14(11)18(19)20)9-17-7-6-16(2)10-13(17)8-15/h3-5,13H,6-10,15H2,1-2H3. The van der Waals surface area contributed by atoms with Gasteiger partial charge in [-0.2, -0.15) is 0 Å². The molecular weight excluding hydrogens is 256 g/mol. The maximum absolute atomic E-state index is 11.0. The summed E-state index contributed by atoms with van der Waals surface area (Å²) in [5.41, 5.74) is 7.82. The van der Waals surface area contributed by atoms with Crippen molar-refractivity contribution in [2.24, 2.45) is 5.73 Å². The van der Waals surface area contributed by atoms with Gasteiger partial charge in [-0.05, 0) is 19.5 Å². The highest BCUT2D eigenvalue weighted by atomic mass is 16.6. The molecule has 1 aliphatic heterocycles. The number of nitro benzene ring substituents is 1. The number of hydrogen-bond donors (Lipinski definition) is 1. The van der Waals surface area contributed by atoms with Gasteiger partial charge in [0.1, 0.15) is 0 Å². The van der Waals surface area contributed by atoms with Gasteiger partial charge in [-0.1, -0.05) is 12.1 Å². The fraction of sp³-hybridized carbons (Fsp3) is 0.571. The lowest BCUT2D eigenvalue weighted by molar-refractivity contribution is -0.385. The van der Waals surface area contributed by atoms with Gasteiger partial charge in [0.2, 0.25) is 0 Å². The first kappa shape index (κ1) is 14.9. The van der Waals surface area contributed by atoms with Crippen LogP contribution in [-0.2, 0) is 6.54 Å². The van der Waals surface area contributed by atoms with E-state index in [1.807, 2.05) is 13.0 Å². The van der Waals surface area contributed by atoms with Crippen molar-refractivity contribution in [2.45, 2.75) is 19.5 Å². The normalized spacial score (nSPS) is 21.1. The molecule has 0 bridgehead atoms. The average Bonchev–Trinajstić information content (AvgIpc) is 2.42. The summed E-state index contributed by atoms with van der Waals surface area (Å²) in [4.78, 5) is 15.3. The van der Waals surface area contributed by atoms with Crippen molar-refractivity contribution in [3.8, 4) is 0 Å². The predicted octanol–water partition coefficient (Wildman–Crippen LogP) is 0.978. The Kier molecular flexibility index (Phi) is 4.69. The van der Waals surface area contributed by atoms with E-state index in [4.69, 9.17) is 5.73 Å². The molecule has 1 unspecified atom stereocenters. The van der Waals surface area contributed by atoms with Crippen LogP contribution < -0.4 is 5.73 Å². The van der Waals surface area contributed by atoms with Crippen LogP contribution in [0.5, 0.6) is 0 Å². The second-order valence-electron chi connectivity index (χ2n) is 5.44. The first-order valence-corrected chi connectivity index (χ1v) is 6.88. The number of benzene rings is 1. The summed E-state index contributed by atoms with van der Waals surface area (Å²) in [6, 6.07) is 5.60. The summed E-state index contributed by atoms with van der Waals surface area (Å²) in [7, 11) is 2.10. The third-order valence-corrected chi connectivity index (χ3v) is 4.07. The smallest absolute Gasteiger partial charge is 0.272 e. The van der Waals surface area contributed by atoms with Crippen molar-refractivity contribution in [3.05, 3.63) is 39.4 Å². The molecule has 1 fully saturated rings. The summed E-state index contributed by atoms with van der Waals surface area (Å²) in [6.45, 7) is 6.05. The molecule has 20 heavy (non-hydrogen) atoms. The molecule has 6 heteroatoms. The lowest BCUT2D eigenvalue weighted by Gasteiger charge is -2.39. The fourth-order valence-corrected chi connectivity index (χ4v) is 2.74. The van der Waals surface area contributed by atoms with Crippen molar-refractivity contribution in [3.63, 3.8) is 0 Å². The molecule has 0 aromatic heterocycles. The third kappa shape index (κ3) is 3.15. The summed E-state index contributed by atoms with van der Waals surface area (Å²) in [6.07, 6.45) is 0. The molecule has 2 N–H and O–H groups in total. The minimum Gasteiger partial charge on any atom is -0.329 e. The molecule has 1 aromatic rings. The molecule has 110 valence electrons. The molecule has 6 nitrogen and oxygen atoms in total. The number of piperazine rings is 1. The van der Waals surface area contributed by atoms with Crippen LogP contribution in [0.3, 0.4) is 0 Å². The van der Waals surface area contributed by atoms with E-state index in [2.05, 4.69) is 16.8 Å². The molecule has 1 saturated heterocycles. The Balaban J connectivity index is 2.17. The van der Waals surface area contributed by atoms with Crippen LogP contribution in [0.1, 0.15) is 11.1 Å². The summed E-state index contributed by atoms with van der Waals surface area (Å²) in [5.74, 6) is 0. The zero-order chi connectivity index (χ0) is 14.7. The molecule has 0 aliphatic carbocycles. The van der Waals surface area contributed by atoms with Crippen LogP contribution >= 0.6 is 0 Å². The Bertz CT molecular complexity index is 492. The first-order chi connectivity index (χ1) is 9.52. The highest BCUT2D eigenvalue weighted by molar-refractivity contribution is 5.44. The van der Waals surface area contributed by atoms with Crippen molar-refractivity contribution < 1.29 is 4.92 Å². The topological polar surface area (TPSA) is 75.6 Å². The SMILES string of the molecule is Cc1c(CN2CCN(C)CC2CN)cccc1[N+](=O)[O-]. The van der Waals surface area contributed by atoms with Gasteiger partial charge in [0.05, 0.1) is 4.92 Å². The second-order valence-corrected chi connectivity index (χ2v) is 5.44. The van der Waals surface area contributed by atoms with Gasteiger partial charge < -0.3 is 10.6 Å². The molecule has 0 amide bonds. The van der Waals surface area contributed by atoms with Crippen LogP contribution in [0.15, 0.2) is 18.2 Å². The number of hydrogen-bond acceptors (Lipinski definition) is 5. The lowest BCUT2D eigenvalue weighted by Crippen LogP contribution is -2.54. The number of rotatable bonds is 4. The Morgan fingerprint density at radius 2 is 2.20 bits per heavy atom. The Morgan fingerprint density at radius 1 is 1.45 bits per heavy atom. The van der Waals surface area contributed by atoms with Gasteiger partial charge >= 0.3 is 0 Å². The first-order valence-electron chi connectivity index (χ1n) is 6.88. The van der Waals surface area contributed by atoms with Crippen LogP contribution in [0.4, 0.5) is 5.69 Å². The van der Waals surface area contributed by atoms with Crippen LogP contribution in [-0.4, -0.2) is 54.0 Å². The molecule has 0 radical (unpaired) electrons. The Hall–Kier alpha value is -1.50. The van der Waals surface area contributed by atoms with Gasteiger partial charge in [0.25, 0.3) is 5.69 Å². The van der Waals surface area contributed by atoms with Gasteiger partial charge in [-0.15, -0.1) is 0 Å². The predicted molar refractivity (Wildman–Crippen MR) is 78.6 cm³/mol. The van der Waals surface area contributed by atoms with E-state index in [0.29, 0.717) is 12.6 Å². The van der Waals surface area contributed by atoms with Crippen LogP contribution in [0, 0.1) is 17.0 Å². The summed E-state index contributed by atoms with van der Waals surface area (Å²) in [5, 5.41) is 11.0. The van der Waals surface area contributed by atoms with Crippen molar-refractivity contribution >= 4 is 5.69 Å². The fourth-order valence-electron chi connectivity index (χ4n) is 2.74. The molecule has 1 aliphatic rings. The number of likely N-dealkylation sites (N-methyl/N-ethyl adjacent to an activating group) is 1. The maximum Gasteiger partial charge on any atom is 0.272 e. The lowest BCUT2D eigenvalue weighted by atomic mass is 10.0. The van der Waals surface area contributed by atoms with E-state index in [1.54, 1.807) is 12.1 Å². The van der Waals surface area contributed by atoms with Gasteiger partial charge in [0, 0.05) is 50.4 Å². The third-order valence-electron chi connectivity index (χ3n) is 4.07. The number of nitrogens with two attached hydrogens (primary N) is 1. The van der Waals surface area contributed by atoms with Gasteiger partial charge in [0.15, 0.2) is 0 Å². The van der Waals surface area contributed by atoms with Gasteiger partial charge in [-0.3, -0.25) is 15.0 Å². The van der Waals surface area contributed by atoms with E-state index < -0.39 is 0 Å². The zero-order valence-electron chi connectivity index (χ0n) is 12.1. The highest BCUT2D eigenvalue weighted by Gasteiger charge is 2.25. The van der Waals surface area contributed by atoms with E-state index in [1.165, 1.54) is 0 Å². The van der Waals surface area contributed by atoms with Gasteiger partial charge in [-0.25, -0.2) is 0 Å². The molecule has 1 aromatic carbocycles. The quantitative estimate of drug-likeness (QED) is 0.656. The maximum atomic E-state index is 11.0. The monoisotopic (exact) mass is 278 g/mol. The molecule has 1 heterocycles. The molecule has 0 saturated carbocycles. The average molecular weight is 278 g/mol.